The minimum atomic E-state index is 0.145. The predicted octanol–water partition coefficient (Wildman–Crippen LogP) is 1.64. The molecule has 11 heavy (non-hydrogen) atoms. The van der Waals surface area contributed by atoms with E-state index in [-0.39, 0.29) is 5.91 Å². The highest BCUT2D eigenvalue weighted by atomic mass is 79.9. The number of unbranched alkanes of at least 4 members (excludes halogenated alkanes) is 1. The van der Waals surface area contributed by atoms with E-state index in [0.717, 1.165) is 24.7 Å². The summed E-state index contributed by atoms with van der Waals surface area (Å²) in [4.78, 5) is 10.9. The molecule has 0 aliphatic heterocycles. The number of thioether (sulfide) groups is 1. The highest BCUT2D eigenvalue weighted by Gasteiger charge is 1.96. The first-order valence-electron chi connectivity index (χ1n) is 3.63. The number of carbonyl (C=O) groups is 1. The first kappa shape index (κ1) is 11.3. The van der Waals surface area contributed by atoms with E-state index < -0.39 is 0 Å². The van der Waals surface area contributed by atoms with E-state index in [1.165, 1.54) is 0 Å². The first-order valence-corrected chi connectivity index (χ1v) is 6.14. The van der Waals surface area contributed by atoms with Gasteiger partial charge in [-0.05, 0) is 19.1 Å². The molecule has 0 aromatic carbocycles. The van der Waals surface area contributed by atoms with Crippen LogP contribution in [-0.2, 0) is 4.79 Å². The molecular weight excluding hydrogens is 226 g/mol. The maximum absolute atomic E-state index is 10.9. The average molecular weight is 240 g/mol. The van der Waals surface area contributed by atoms with Crippen LogP contribution in [0.2, 0.25) is 0 Å². The highest BCUT2D eigenvalue weighted by Crippen LogP contribution is 1.93. The normalized spacial score (nSPS) is 9.64. The van der Waals surface area contributed by atoms with E-state index in [1.54, 1.807) is 11.8 Å². The molecular formula is C7H14BrNOS. The Balaban J connectivity index is 3.04. The smallest absolute Gasteiger partial charge is 0.229 e. The zero-order valence-corrected chi connectivity index (χ0v) is 9.13. The molecule has 0 bridgehead atoms. The van der Waals surface area contributed by atoms with Gasteiger partial charge in [-0.2, -0.15) is 11.8 Å². The van der Waals surface area contributed by atoms with Crippen LogP contribution in [0.5, 0.6) is 0 Å². The second-order valence-corrected chi connectivity index (χ2v) is 3.84. The number of amides is 1. The minimum Gasteiger partial charge on any atom is -0.355 e. The van der Waals surface area contributed by atoms with Crippen LogP contribution in [0.25, 0.3) is 0 Å². The molecule has 0 aliphatic rings. The summed E-state index contributed by atoms with van der Waals surface area (Å²) < 4.78 is 0. The molecule has 1 amide bonds. The summed E-state index contributed by atoms with van der Waals surface area (Å²) in [6.07, 6.45) is 4.11. The maximum atomic E-state index is 10.9. The third-order valence-corrected chi connectivity index (χ3v) is 2.27. The number of hydrogen-bond donors (Lipinski definition) is 1. The Hall–Kier alpha value is 0.300. The Bertz CT molecular complexity index is 111. The van der Waals surface area contributed by atoms with Gasteiger partial charge in [0.2, 0.25) is 5.91 Å². The number of nitrogens with one attached hydrogen (secondary N) is 1. The summed E-state index contributed by atoms with van der Waals surface area (Å²) in [7, 11) is 0. The molecule has 0 spiro atoms. The number of hydrogen-bond acceptors (Lipinski definition) is 2. The van der Waals surface area contributed by atoms with Crippen LogP contribution in [0.1, 0.15) is 12.8 Å². The lowest BCUT2D eigenvalue weighted by molar-refractivity contribution is -0.118. The molecule has 4 heteroatoms. The zero-order valence-electron chi connectivity index (χ0n) is 6.73. The van der Waals surface area contributed by atoms with E-state index in [4.69, 9.17) is 0 Å². The van der Waals surface area contributed by atoms with Crippen molar-refractivity contribution in [1.82, 2.24) is 5.32 Å². The summed E-state index contributed by atoms with van der Waals surface area (Å²) >= 11 is 4.88. The SMILES string of the molecule is CSCC(=O)NCCCCBr. The van der Waals surface area contributed by atoms with Gasteiger partial charge in [-0.1, -0.05) is 15.9 Å². The molecule has 1 N–H and O–H groups in total. The van der Waals surface area contributed by atoms with Gasteiger partial charge in [-0.3, -0.25) is 4.79 Å². The van der Waals surface area contributed by atoms with Crippen molar-refractivity contribution in [3.8, 4) is 0 Å². The van der Waals surface area contributed by atoms with Crippen LogP contribution < -0.4 is 5.32 Å². The van der Waals surface area contributed by atoms with Gasteiger partial charge in [0.25, 0.3) is 0 Å². The summed E-state index contributed by atoms with van der Waals surface area (Å²) in [6.45, 7) is 0.811. The van der Waals surface area contributed by atoms with Crippen molar-refractivity contribution in [3.63, 3.8) is 0 Å². The van der Waals surface area contributed by atoms with Crippen LogP contribution in [0.15, 0.2) is 0 Å². The lowest BCUT2D eigenvalue weighted by Gasteiger charge is -2.01. The van der Waals surface area contributed by atoms with E-state index in [2.05, 4.69) is 21.2 Å². The Morgan fingerprint density at radius 1 is 1.55 bits per heavy atom. The van der Waals surface area contributed by atoms with Crippen molar-refractivity contribution < 1.29 is 4.79 Å². The van der Waals surface area contributed by atoms with Crippen LogP contribution >= 0.6 is 27.7 Å². The fraction of sp³-hybridized carbons (Fsp3) is 0.857. The van der Waals surface area contributed by atoms with Gasteiger partial charge in [-0.15, -0.1) is 0 Å². The van der Waals surface area contributed by atoms with E-state index >= 15 is 0 Å². The van der Waals surface area contributed by atoms with Crippen LogP contribution in [0, 0.1) is 0 Å². The Kier molecular flexibility index (Phi) is 8.63. The topological polar surface area (TPSA) is 29.1 Å². The van der Waals surface area contributed by atoms with Crippen molar-refractivity contribution in [2.24, 2.45) is 0 Å². The number of rotatable bonds is 6. The maximum Gasteiger partial charge on any atom is 0.229 e. The molecule has 0 fully saturated rings. The molecule has 0 saturated carbocycles. The fourth-order valence-electron chi connectivity index (χ4n) is 0.629. The lowest BCUT2D eigenvalue weighted by atomic mass is 10.3. The Labute approximate surface area is 80.6 Å². The van der Waals surface area contributed by atoms with Gasteiger partial charge in [-0.25, -0.2) is 0 Å². The molecule has 0 rings (SSSR count). The van der Waals surface area contributed by atoms with Gasteiger partial charge in [0, 0.05) is 11.9 Å². The average Bonchev–Trinajstić information content (AvgIpc) is 1.99. The van der Waals surface area contributed by atoms with Crippen LogP contribution in [-0.4, -0.2) is 29.8 Å². The molecule has 0 unspecified atom stereocenters. The first-order chi connectivity index (χ1) is 5.31. The van der Waals surface area contributed by atoms with Gasteiger partial charge >= 0.3 is 0 Å². The zero-order chi connectivity index (χ0) is 8.53. The van der Waals surface area contributed by atoms with Crippen molar-refractivity contribution in [2.75, 3.05) is 23.9 Å². The molecule has 0 aromatic heterocycles. The summed E-state index contributed by atoms with van der Waals surface area (Å²) in [6, 6.07) is 0. The predicted molar refractivity (Wildman–Crippen MR) is 54.4 cm³/mol. The minimum absolute atomic E-state index is 0.145. The van der Waals surface area contributed by atoms with Crippen molar-refractivity contribution in [2.45, 2.75) is 12.8 Å². The monoisotopic (exact) mass is 239 g/mol. The number of alkyl halides is 1. The van der Waals surface area contributed by atoms with Gasteiger partial charge in [0.15, 0.2) is 0 Å². The van der Waals surface area contributed by atoms with Crippen molar-refractivity contribution in [3.05, 3.63) is 0 Å². The molecule has 0 heterocycles. The second kappa shape index (κ2) is 8.40. The molecule has 0 atom stereocenters. The molecule has 0 aromatic rings. The van der Waals surface area contributed by atoms with Gasteiger partial charge in [0.1, 0.15) is 0 Å². The van der Waals surface area contributed by atoms with Gasteiger partial charge in [0.05, 0.1) is 5.75 Å². The summed E-state index contributed by atoms with van der Waals surface area (Å²) in [5.74, 6) is 0.723. The summed E-state index contributed by atoms with van der Waals surface area (Å²) in [5, 5.41) is 3.86. The fourth-order valence-corrected chi connectivity index (χ4v) is 1.39. The second-order valence-electron chi connectivity index (χ2n) is 2.18. The molecule has 66 valence electrons. The molecule has 0 radical (unpaired) electrons. The largest absolute Gasteiger partial charge is 0.355 e. The standard InChI is InChI=1S/C7H14BrNOS/c1-11-6-7(10)9-5-3-2-4-8/h2-6H2,1H3,(H,9,10). The van der Waals surface area contributed by atoms with Crippen LogP contribution in [0.3, 0.4) is 0 Å². The van der Waals surface area contributed by atoms with Gasteiger partial charge < -0.3 is 5.32 Å². The number of halogens is 1. The van der Waals surface area contributed by atoms with Crippen molar-refractivity contribution >= 4 is 33.6 Å². The highest BCUT2D eigenvalue weighted by molar-refractivity contribution is 9.09. The van der Waals surface area contributed by atoms with E-state index in [9.17, 15) is 4.79 Å². The molecule has 0 aliphatic carbocycles. The van der Waals surface area contributed by atoms with E-state index in [0.29, 0.717) is 5.75 Å². The van der Waals surface area contributed by atoms with Crippen LogP contribution in [0.4, 0.5) is 0 Å². The van der Waals surface area contributed by atoms with E-state index in [1.807, 2.05) is 6.26 Å². The number of carbonyl (C=O) groups excluding carboxylic acids is 1. The Morgan fingerprint density at radius 3 is 2.82 bits per heavy atom. The Morgan fingerprint density at radius 2 is 2.27 bits per heavy atom. The lowest BCUT2D eigenvalue weighted by Crippen LogP contribution is -2.25. The molecule has 2 nitrogen and oxygen atoms in total. The summed E-state index contributed by atoms with van der Waals surface area (Å²) in [5.41, 5.74) is 0. The third kappa shape index (κ3) is 8.20. The quantitative estimate of drug-likeness (QED) is 0.565. The third-order valence-electron chi connectivity index (χ3n) is 1.16. The molecule has 0 saturated heterocycles. The van der Waals surface area contributed by atoms with Crippen molar-refractivity contribution in [1.29, 1.82) is 0 Å².